The molecule has 12 heavy (non-hydrogen) atoms. The van der Waals surface area contributed by atoms with Crippen molar-refractivity contribution in [2.75, 3.05) is 7.11 Å². The van der Waals surface area contributed by atoms with Crippen LogP contribution in [0.3, 0.4) is 0 Å². The van der Waals surface area contributed by atoms with Crippen LogP contribution >= 0.6 is 0 Å². The smallest absolute Gasteiger partial charge is 0.257 e. The van der Waals surface area contributed by atoms with Crippen molar-refractivity contribution in [2.24, 2.45) is 0 Å². The van der Waals surface area contributed by atoms with Crippen LogP contribution < -0.4 is 4.74 Å². The highest BCUT2D eigenvalue weighted by Crippen LogP contribution is 2.30. The molecule has 1 aromatic rings. The molecule has 0 unspecified atom stereocenters. The SMILES string of the molecule is COc1nc(C)c(C)c(C)c1O. The molecule has 0 bridgehead atoms. The molecule has 0 saturated carbocycles. The number of ether oxygens (including phenoxy) is 1. The van der Waals surface area contributed by atoms with E-state index in [-0.39, 0.29) is 5.75 Å². The van der Waals surface area contributed by atoms with E-state index >= 15 is 0 Å². The van der Waals surface area contributed by atoms with Gasteiger partial charge in [-0.05, 0) is 26.3 Å². The van der Waals surface area contributed by atoms with Gasteiger partial charge in [0.1, 0.15) is 0 Å². The van der Waals surface area contributed by atoms with E-state index in [1.165, 1.54) is 7.11 Å². The Bertz CT molecular complexity index is 308. The summed E-state index contributed by atoms with van der Waals surface area (Å²) in [5.74, 6) is 0.441. The van der Waals surface area contributed by atoms with Crippen molar-refractivity contribution in [1.29, 1.82) is 0 Å². The highest BCUT2D eigenvalue weighted by molar-refractivity contribution is 5.45. The van der Waals surface area contributed by atoms with Crippen LogP contribution in [0.2, 0.25) is 0 Å². The third-order valence-electron chi connectivity index (χ3n) is 2.13. The van der Waals surface area contributed by atoms with Crippen molar-refractivity contribution in [3.63, 3.8) is 0 Å². The first-order valence-electron chi connectivity index (χ1n) is 3.78. The summed E-state index contributed by atoms with van der Waals surface area (Å²) in [5, 5.41) is 9.52. The normalized spacial score (nSPS) is 10.0. The fourth-order valence-electron chi connectivity index (χ4n) is 1.04. The summed E-state index contributed by atoms with van der Waals surface area (Å²) in [6.07, 6.45) is 0. The summed E-state index contributed by atoms with van der Waals surface area (Å²) in [4.78, 5) is 4.08. The molecule has 1 rings (SSSR count). The van der Waals surface area contributed by atoms with Crippen LogP contribution in [0.25, 0.3) is 0 Å². The summed E-state index contributed by atoms with van der Waals surface area (Å²) >= 11 is 0. The van der Waals surface area contributed by atoms with E-state index in [0.717, 1.165) is 16.8 Å². The predicted molar refractivity (Wildman–Crippen MR) is 46.7 cm³/mol. The Morgan fingerprint density at radius 2 is 1.75 bits per heavy atom. The molecule has 0 spiro atoms. The van der Waals surface area contributed by atoms with Gasteiger partial charge in [0.25, 0.3) is 5.88 Å². The summed E-state index contributed by atoms with van der Waals surface area (Å²) in [7, 11) is 1.50. The van der Waals surface area contributed by atoms with Gasteiger partial charge in [-0.3, -0.25) is 0 Å². The maximum absolute atomic E-state index is 9.52. The lowest BCUT2D eigenvalue weighted by molar-refractivity contribution is 0.355. The molecule has 3 nitrogen and oxygen atoms in total. The van der Waals surface area contributed by atoms with Crippen molar-refractivity contribution >= 4 is 0 Å². The number of methoxy groups -OCH3 is 1. The molecule has 0 aromatic carbocycles. The quantitative estimate of drug-likeness (QED) is 0.692. The molecular weight excluding hydrogens is 154 g/mol. The lowest BCUT2D eigenvalue weighted by Gasteiger charge is -2.09. The van der Waals surface area contributed by atoms with Gasteiger partial charge in [-0.1, -0.05) is 0 Å². The number of nitrogens with zero attached hydrogens (tertiary/aromatic N) is 1. The topological polar surface area (TPSA) is 42.4 Å². The third kappa shape index (κ3) is 1.22. The number of aromatic hydroxyl groups is 1. The van der Waals surface area contributed by atoms with Crippen LogP contribution in [-0.2, 0) is 0 Å². The van der Waals surface area contributed by atoms with Gasteiger partial charge in [0.15, 0.2) is 5.75 Å². The molecule has 0 radical (unpaired) electrons. The van der Waals surface area contributed by atoms with Crippen LogP contribution in [0.15, 0.2) is 0 Å². The molecule has 0 amide bonds. The minimum atomic E-state index is 0.139. The van der Waals surface area contributed by atoms with Crippen molar-refractivity contribution in [2.45, 2.75) is 20.8 Å². The monoisotopic (exact) mass is 167 g/mol. The van der Waals surface area contributed by atoms with E-state index in [0.29, 0.717) is 5.88 Å². The number of aromatic nitrogens is 1. The number of hydrogen-bond donors (Lipinski definition) is 1. The Hall–Kier alpha value is -1.25. The average Bonchev–Trinajstić information content (AvgIpc) is 2.08. The summed E-state index contributed by atoms with van der Waals surface area (Å²) in [6, 6.07) is 0. The molecule has 1 N–H and O–H groups in total. The number of hydrogen-bond acceptors (Lipinski definition) is 3. The number of aryl methyl sites for hydroxylation is 1. The van der Waals surface area contributed by atoms with Crippen LogP contribution in [0.5, 0.6) is 11.6 Å². The highest BCUT2D eigenvalue weighted by Gasteiger charge is 2.10. The van der Waals surface area contributed by atoms with Crippen LogP contribution in [0.4, 0.5) is 0 Å². The predicted octanol–water partition coefficient (Wildman–Crippen LogP) is 1.72. The minimum absolute atomic E-state index is 0.139. The summed E-state index contributed by atoms with van der Waals surface area (Å²) in [5.41, 5.74) is 2.73. The average molecular weight is 167 g/mol. The second-order valence-corrected chi connectivity index (χ2v) is 2.81. The molecule has 0 aliphatic carbocycles. The maximum atomic E-state index is 9.52. The van der Waals surface area contributed by atoms with Crippen LogP contribution in [-0.4, -0.2) is 17.2 Å². The van der Waals surface area contributed by atoms with Crippen molar-refractivity contribution in [1.82, 2.24) is 4.98 Å². The molecular formula is C9H13NO2. The first-order valence-corrected chi connectivity index (χ1v) is 3.78. The minimum Gasteiger partial charge on any atom is -0.503 e. The van der Waals surface area contributed by atoms with Gasteiger partial charge in [-0.25, -0.2) is 4.98 Å². The lowest BCUT2D eigenvalue weighted by atomic mass is 10.1. The Labute approximate surface area is 72.0 Å². The third-order valence-corrected chi connectivity index (χ3v) is 2.13. The molecule has 3 heteroatoms. The van der Waals surface area contributed by atoms with Gasteiger partial charge in [0, 0.05) is 11.3 Å². The van der Waals surface area contributed by atoms with Crippen LogP contribution in [0, 0.1) is 20.8 Å². The Balaban J connectivity index is 3.39. The van der Waals surface area contributed by atoms with Gasteiger partial charge in [0.2, 0.25) is 0 Å². The standard InChI is InChI=1S/C9H13NO2/c1-5-6(2)8(11)9(12-4)10-7(5)3/h11H,1-4H3. The van der Waals surface area contributed by atoms with E-state index in [1.807, 2.05) is 20.8 Å². The van der Waals surface area contributed by atoms with E-state index in [1.54, 1.807) is 0 Å². The second kappa shape index (κ2) is 3.01. The molecule has 0 aliphatic heterocycles. The van der Waals surface area contributed by atoms with Crippen molar-refractivity contribution in [3.8, 4) is 11.6 Å². The second-order valence-electron chi connectivity index (χ2n) is 2.81. The summed E-state index contributed by atoms with van der Waals surface area (Å²) in [6.45, 7) is 5.67. The van der Waals surface area contributed by atoms with Crippen molar-refractivity contribution < 1.29 is 9.84 Å². The van der Waals surface area contributed by atoms with Gasteiger partial charge in [-0.2, -0.15) is 0 Å². The largest absolute Gasteiger partial charge is 0.503 e. The first-order chi connectivity index (χ1) is 5.57. The van der Waals surface area contributed by atoms with E-state index in [9.17, 15) is 5.11 Å². The molecule has 0 saturated heterocycles. The Kier molecular flexibility index (Phi) is 2.22. The van der Waals surface area contributed by atoms with Gasteiger partial charge >= 0.3 is 0 Å². The van der Waals surface area contributed by atoms with Crippen LogP contribution in [0.1, 0.15) is 16.8 Å². The fraction of sp³-hybridized carbons (Fsp3) is 0.444. The summed E-state index contributed by atoms with van der Waals surface area (Å²) < 4.78 is 4.90. The maximum Gasteiger partial charge on any atom is 0.257 e. The molecule has 0 fully saturated rings. The van der Waals surface area contributed by atoms with Gasteiger partial charge in [-0.15, -0.1) is 0 Å². The van der Waals surface area contributed by atoms with E-state index < -0.39 is 0 Å². The first kappa shape index (κ1) is 8.84. The van der Waals surface area contributed by atoms with E-state index in [4.69, 9.17) is 4.74 Å². The highest BCUT2D eigenvalue weighted by atomic mass is 16.5. The lowest BCUT2D eigenvalue weighted by Crippen LogP contribution is -1.96. The van der Waals surface area contributed by atoms with E-state index in [2.05, 4.69) is 4.98 Å². The molecule has 0 atom stereocenters. The van der Waals surface area contributed by atoms with Gasteiger partial charge in [0.05, 0.1) is 7.11 Å². The molecule has 1 heterocycles. The molecule has 0 aliphatic rings. The zero-order valence-corrected chi connectivity index (χ0v) is 7.80. The number of pyridine rings is 1. The van der Waals surface area contributed by atoms with Crippen molar-refractivity contribution in [3.05, 3.63) is 16.8 Å². The van der Waals surface area contributed by atoms with Gasteiger partial charge < -0.3 is 9.84 Å². The number of rotatable bonds is 1. The molecule has 1 aromatic heterocycles. The fourth-order valence-corrected chi connectivity index (χ4v) is 1.04. The Morgan fingerprint density at radius 1 is 1.17 bits per heavy atom. The Morgan fingerprint density at radius 3 is 2.25 bits per heavy atom. The molecule has 66 valence electrons. The zero-order chi connectivity index (χ0) is 9.30. The zero-order valence-electron chi connectivity index (χ0n) is 7.80.